The molecule has 1 aromatic heterocycles. The number of nitrogens with zero attached hydrogens (tertiary/aromatic N) is 3. The van der Waals surface area contributed by atoms with Crippen molar-refractivity contribution in [3.63, 3.8) is 0 Å². The summed E-state index contributed by atoms with van der Waals surface area (Å²) in [4.78, 5) is 59.3. The molecule has 13 heteroatoms. The fourth-order valence-corrected chi connectivity index (χ4v) is 4.64. The smallest absolute Gasteiger partial charge is 0.435 e. The number of amides is 2. The number of hydrogen-bond acceptors (Lipinski definition) is 9. The maximum atomic E-state index is 13.5. The lowest BCUT2D eigenvalue weighted by molar-refractivity contribution is -0.121. The van der Waals surface area contributed by atoms with E-state index in [0.717, 1.165) is 24.0 Å². The first-order valence-corrected chi connectivity index (χ1v) is 15.1. The van der Waals surface area contributed by atoms with E-state index in [-0.39, 0.29) is 55.2 Å². The number of rotatable bonds is 12. The van der Waals surface area contributed by atoms with Crippen LogP contribution in [0.25, 0.3) is 11.3 Å². The van der Waals surface area contributed by atoms with Crippen LogP contribution in [0.5, 0.6) is 0 Å². The second-order valence-electron chi connectivity index (χ2n) is 10.9. The molecule has 1 aliphatic rings. The van der Waals surface area contributed by atoms with Crippen molar-refractivity contribution in [2.45, 2.75) is 45.5 Å². The number of nitrogens with one attached hydrogen (secondary N) is 2. The highest BCUT2D eigenvalue weighted by molar-refractivity contribution is 6.02. The number of hydrogen-bond donors (Lipinski definition) is 4. The van der Waals surface area contributed by atoms with E-state index >= 15 is 0 Å². The highest BCUT2D eigenvalue weighted by atomic mass is 16.5. The molecule has 5 rings (SSSR count). The van der Waals surface area contributed by atoms with Crippen molar-refractivity contribution in [1.29, 1.82) is 0 Å². The lowest BCUT2D eigenvalue weighted by Crippen LogP contribution is -2.34. The second-order valence-corrected chi connectivity index (χ2v) is 10.9. The minimum absolute atomic E-state index is 0.00786. The zero-order chi connectivity index (χ0) is 33.3. The van der Waals surface area contributed by atoms with Crippen molar-refractivity contribution < 1.29 is 23.9 Å². The van der Waals surface area contributed by atoms with E-state index in [1.807, 2.05) is 30.3 Å². The lowest BCUT2D eigenvalue weighted by atomic mass is 10.1. The van der Waals surface area contributed by atoms with E-state index in [9.17, 15) is 19.2 Å². The second kappa shape index (κ2) is 14.9. The van der Waals surface area contributed by atoms with Crippen LogP contribution in [-0.2, 0) is 34.0 Å². The van der Waals surface area contributed by atoms with Gasteiger partial charge in [-0.2, -0.15) is 4.99 Å². The Hall–Kier alpha value is -5.98. The maximum absolute atomic E-state index is 13.5. The molecule has 0 unspecified atom stereocenters. The molecule has 1 aliphatic carbocycles. The molecule has 0 radical (unpaired) electrons. The summed E-state index contributed by atoms with van der Waals surface area (Å²) in [7, 11) is 0. The molecule has 0 spiro atoms. The van der Waals surface area contributed by atoms with Gasteiger partial charge in [-0.1, -0.05) is 54.6 Å². The third kappa shape index (κ3) is 8.81. The highest BCUT2D eigenvalue weighted by Gasteiger charge is 2.24. The van der Waals surface area contributed by atoms with Crippen molar-refractivity contribution in [2.24, 2.45) is 10.7 Å². The predicted octanol–water partition coefficient (Wildman–Crippen LogP) is 3.60. The fraction of sp³-hybridized carbons (Fsp3) is 0.235. The van der Waals surface area contributed by atoms with E-state index in [1.54, 1.807) is 43.3 Å². The van der Waals surface area contributed by atoms with E-state index < -0.39 is 23.5 Å². The number of aliphatic imine (C=N–C) groups is 1. The van der Waals surface area contributed by atoms with E-state index in [2.05, 4.69) is 20.6 Å². The number of carbonyl (C=O) groups excluding carboxylic acids is 3. The van der Waals surface area contributed by atoms with Crippen molar-refractivity contribution in [3.8, 4) is 11.3 Å². The fourth-order valence-electron chi connectivity index (χ4n) is 4.64. The summed E-state index contributed by atoms with van der Waals surface area (Å²) < 4.78 is 11.6. The largest absolute Gasteiger partial charge is 0.462 e. The SMILES string of the molecule is CCOC(=O)c1cc(N)cc(-c2cnc(NC3CC3)c(=O)n2CC(=O)NCc2ccc(C(N)=NC(=O)OCc3ccccc3)cc2)c1. The molecule has 1 heterocycles. The molecule has 0 aliphatic heterocycles. The van der Waals surface area contributed by atoms with Crippen LogP contribution in [0.2, 0.25) is 0 Å². The Bertz CT molecular complexity index is 1850. The number of amidine groups is 1. The molecule has 1 fully saturated rings. The Morgan fingerprint density at radius 3 is 2.43 bits per heavy atom. The van der Waals surface area contributed by atoms with Crippen molar-refractivity contribution >= 4 is 35.3 Å². The van der Waals surface area contributed by atoms with Crippen molar-refractivity contribution in [1.82, 2.24) is 14.9 Å². The first kappa shape index (κ1) is 32.4. The van der Waals surface area contributed by atoms with Crippen LogP contribution < -0.4 is 27.7 Å². The van der Waals surface area contributed by atoms with Gasteiger partial charge in [0.1, 0.15) is 19.0 Å². The van der Waals surface area contributed by atoms with E-state index in [4.69, 9.17) is 20.9 Å². The monoisotopic (exact) mass is 637 g/mol. The first-order valence-electron chi connectivity index (χ1n) is 15.1. The molecule has 3 aromatic carbocycles. The number of benzene rings is 3. The Morgan fingerprint density at radius 1 is 0.979 bits per heavy atom. The van der Waals surface area contributed by atoms with Gasteiger partial charge in [0.2, 0.25) is 5.91 Å². The van der Waals surface area contributed by atoms with Gasteiger partial charge >= 0.3 is 12.1 Å². The molecule has 1 saturated carbocycles. The van der Waals surface area contributed by atoms with E-state index in [1.165, 1.54) is 16.8 Å². The van der Waals surface area contributed by atoms with Crippen LogP contribution in [0, 0.1) is 0 Å². The number of ether oxygens (including phenoxy) is 2. The van der Waals surface area contributed by atoms with Crippen LogP contribution in [0.3, 0.4) is 0 Å². The summed E-state index contributed by atoms with van der Waals surface area (Å²) in [6.45, 7) is 1.80. The Labute approximate surface area is 270 Å². The molecular weight excluding hydrogens is 602 g/mol. The first-order chi connectivity index (χ1) is 22.7. The zero-order valence-corrected chi connectivity index (χ0v) is 25.8. The summed E-state index contributed by atoms with van der Waals surface area (Å²) >= 11 is 0. The molecule has 6 N–H and O–H groups in total. The molecule has 0 bridgehead atoms. The van der Waals surface area contributed by atoms with Crippen molar-refractivity contribution in [2.75, 3.05) is 17.7 Å². The Kier molecular flexibility index (Phi) is 10.3. The average molecular weight is 638 g/mol. The maximum Gasteiger partial charge on any atom is 0.435 e. The molecule has 4 aromatic rings. The van der Waals surface area contributed by atoms with Crippen LogP contribution in [-0.4, -0.2) is 46.0 Å². The number of esters is 1. The molecular formula is C34H35N7O6. The molecule has 13 nitrogen and oxygen atoms in total. The van der Waals surface area contributed by atoms with Gasteiger partial charge in [-0.25, -0.2) is 14.6 Å². The average Bonchev–Trinajstić information content (AvgIpc) is 3.89. The molecule has 242 valence electrons. The zero-order valence-electron chi connectivity index (χ0n) is 25.8. The number of aromatic nitrogens is 2. The number of anilines is 2. The highest BCUT2D eigenvalue weighted by Crippen LogP contribution is 2.26. The molecule has 2 amide bonds. The number of nitrogens with two attached hydrogens (primary N) is 2. The quantitative estimate of drug-likeness (QED) is 0.0772. The number of nitrogen functional groups attached to an aromatic ring is 1. The summed E-state index contributed by atoms with van der Waals surface area (Å²) in [6.07, 6.45) is 2.52. The summed E-state index contributed by atoms with van der Waals surface area (Å²) in [5.41, 5.74) is 14.9. The van der Waals surface area contributed by atoms with Gasteiger partial charge in [0.05, 0.1) is 24.1 Å². The molecule has 0 atom stereocenters. The Morgan fingerprint density at radius 2 is 1.72 bits per heavy atom. The summed E-state index contributed by atoms with van der Waals surface area (Å²) in [6, 6.07) is 20.8. The van der Waals surface area contributed by atoms with Crippen molar-refractivity contribution in [3.05, 3.63) is 112 Å². The standard InChI is InChI=1S/C34H35N7O6/c1-2-46-33(44)25-14-24(15-26(35)16-25)28-18-38-31(39-27-12-13-27)32(43)41(28)19-29(42)37-17-21-8-10-23(11-9-21)30(36)40-34(45)47-20-22-6-4-3-5-7-22/h3-11,14-16,18,27H,2,12-13,17,19-20,35H2,1H3,(H,37,42)(H,38,39)(H2,36,40,45). The van der Waals surface area contributed by atoms with Gasteiger partial charge in [0.15, 0.2) is 5.82 Å². The predicted molar refractivity (Wildman–Crippen MR) is 177 cm³/mol. The van der Waals surface area contributed by atoms with Crippen LogP contribution in [0.1, 0.15) is 46.8 Å². The van der Waals surface area contributed by atoms with Crippen LogP contribution in [0.15, 0.2) is 88.8 Å². The Balaban J connectivity index is 1.26. The summed E-state index contributed by atoms with van der Waals surface area (Å²) in [5.74, 6) is -0.865. The van der Waals surface area contributed by atoms with Gasteiger partial charge in [-0.05, 0) is 49.1 Å². The van der Waals surface area contributed by atoms with Gasteiger partial charge in [0, 0.05) is 29.4 Å². The van der Waals surface area contributed by atoms with Gasteiger partial charge in [0.25, 0.3) is 5.56 Å². The molecule has 47 heavy (non-hydrogen) atoms. The summed E-state index contributed by atoms with van der Waals surface area (Å²) in [5, 5.41) is 5.93. The lowest BCUT2D eigenvalue weighted by Gasteiger charge is -2.16. The normalized spacial score (nSPS) is 12.7. The van der Waals surface area contributed by atoms with Crippen LogP contribution >= 0.6 is 0 Å². The topological polar surface area (TPSA) is 193 Å². The third-order valence-corrected chi connectivity index (χ3v) is 7.19. The van der Waals surface area contributed by atoms with Gasteiger partial charge in [-0.3, -0.25) is 14.2 Å². The van der Waals surface area contributed by atoms with E-state index in [0.29, 0.717) is 16.8 Å². The van der Waals surface area contributed by atoms with Gasteiger partial charge < -0.3 is 31.6 Å². The van der Waals surface area contributed by atoms with Gasteiger partial charge in [-0.15, -0.1) is 0 Å². The molecule has 0 saturated heterocycles. The third-order valence-electron chi connectivity index (χ3n) is 7.19. The number of carbonyl (C=O) groups is 3. The van der Waals surface area contributed by atoms with Crippen LogP contribution in [0.4, 0.5) is 16.3 Å². The minimum atomic E-state index is -0.806. The minimum Gasteiger partial charge on any atom is -0.462 e.